The van der Waals surface area contributed by atoms with Crippen molar-refractivity contribution in [1.29, 1.82) is 0 Å². The largest absolute Gasteiger partial charge is 0.508 e. The van der Waals surface area contributed by atoms with Crippen molar-refractivity contribution >= 4 is 11.9 Å². The molecule has 0 radical (unpaired) electrons. The van der Waals surface area contributed by atoms with Crippen LogP contribution in [0.15, 0.2) is 54.6 Å². The number of carbonyl (C=O) groups excluding carboxylic acids is 1. The number of aliphatic hydroxyl groups excluding tert-OH is 1. The molecule has 0 bridgehead atoms. The van der Waals surface area contributed by atoms with Crippen LogP contribution in [0.5, 0.6) is 5.75 Å². The van der Waals surface area contributed by atoms with Crippen molar-refractivity contribution in [2.75, 3.05) is 0 Å². The number of phenols is 1. The first-order valence-electron chi connectivity index (χ1n) is 5.91. The Bertz CT molecular complexity index is 601. The number of aliphatic hydroxyl groups is 1. The molecule has 3 heteroatoms. The van der Waals surface area contributed by atoms with E-state index in [1.807, 2.05) is 30.3 Å². The van der Waals surface area contributed by atoms with Gasteiger partial charge in [0.05, 0.1) is 6.61 Å². The molecule has 0 saturated heterocycles. The SMILES string of the molecule is O=C(/C=C/c1ccccc1)c1ccc(O)c(CO)c1. The highest BCUT2D eigenvalue weighted by atomic mass is 16.3. The van der Waals surface area contributed by atoms with E-state index in [4.69, 9.17) is 5.11 Å². The fourth-order valence-corrected chi connectivity index (χ4v) is 1.70. The zero-order valence-corrected chi connectivity index (χ0v) is 10.3. The number of hydrogen-bond donors (Lipinski definition) is 2. The second kappa shape index (κ2) is 5.98. The van der Waals surface area contributed by atoms with Crippen LogP contribution in [0.4, 0.5) is 0 Å². The molecule has 0 fully saturated rings. The van der Waals surface area contributed by atoms with E-state index in [-0.39, 0.29) is 18.1 Å². The summed E-state index contributed by atoms with van der Waals surface area (Å²) in [6.45, 7) is -0.296. The van der Waals surface area contributed by atoms with Crippen LogP contribution < -0.4 is 0 Å². The van der Waals surface area contributed by atoms with Gasteiger partial charge in [-0.05, 0) is 29.8 Å². The van der Waals surface area contributed by atoms with Crippen molar-refractivity contribution in [1.82, 2.24) is 0 Å². The normalized spacial score (nSPS) is 10.8. The van der Waals surface area contributed by atoms with Gasteiger partial charge < -0.3 is 10.2 Å². The van der Waals surface area contributed by atoms with E-state index in [0.717, 1.165) is 5.56 Å². The van der Waals surface area contributed by atoms with Gasteiger partial charge in [0.1, 0.15) is 5.75 Å². The van der Waals surface area contributed by atoms with Gasteiger partial charge in [-0.2, -0.15) is 0 Å². The molecular formula is C16H14O3. The number of allylic oxidation sites excluding steroid dienone is 1. The van der Waals surface area contributed by atoms with E-state index < -0.39 is 0 Å². The Kier molecular flexibility index (Phi) is 4.11. The van der Waals surface area contributed by atoms with Crippen molar-refractivity contribution in [3.8, 4) is 5.75 Å². The van der Waals surface area contributed by atoms with Gasteiger partial charge in [-0.15, -0.1) is 0 Å². The van der Waals surface area contributed by atoms with E-state index in [9.17, 15) is 9.90 Å². The predicted octanol–water partition coefficient (Wildman–Crippen LogP) is 2.78. The highest BCUT2D eigenvalue weighted by molar-refractivity contribution is 6.07. The summed E-state index contributed by atoms with van der Waals surface area (Å²) < 4.78 is 0. The molecule has 0 saturated carbocycles. The van der Waals surface area contributed by atoms with Crippen LogP contribution in [0.1, 0.15) is 21.5 Å². The van der Waals surface area contributed by atoms with E-state index in [1.165, 1.54) is 24.3 Å². The fourth-order valence-electron chi connectivity index (χ4n) is 1.70. The first kappa shape index (κ1) is 13.1. The molecule has 0 aliphatic carbocycles. The molecule has 0 amide bonds. The summed E-state index contributed by atoms with van der Waals surface area (Å²) in [5.41, 5.74) is 1.73. The number of rotatable bonds is 4. The fraction of sp³-hybridized carbons (Fsp3) is 0.0625. The van der Waals surface area contributed by atoms with Crippen LogP contribution in [0, 0.1) is 0 Å². The lowest BCUT2D eigenvalue weighted by molar-refractivity contribution is 0.104. The Morgan fingerprint density at radius 1 is 1.11 bits per heavy atom. The summed E-state index contributed by atoms with van der Waals surface area (Å²) in [6, 6.07) is 13.9. The highest BCUT2D eigenvalue weighted by Gasteiger charge is 2.06. The maximum absolute atomic E-state index is 11.9. The van der Waals surface area contributed by atoms with Gasteiger partial charge in [-0.3, -0.25) is 4.79 Å². The molecule has 0 spiro atoms. The van der Waals surface area contributed by atoms with Crippen LogP contribution in [0.3, 0.4) is 0 Å². The zero-order chi connectivity index (χ0) is 13.7. The summed E-state index contributed by atoms with van der Waals surface area (Å²) >= 11 is 0. The van der Waals surface area contributed by atoms with Crippen LogP contribution in [0.25, 0.3) is 6.08 Å². The molecule has 2 aromatic carbocycles. The van der Waals surface area contributed by atoms with Crippen LogP contribution in [0.2, 0.25) is 0 Å². The Morgan fingerprint density at radius 2 is 1.84 bits per heavy atom. The number of ketones is 1. The summed E-state index contributed by atoms with van der Waals surface area (Å²) in [4.78, 5) is 11.9. The monoisotopic (exact) mass is 254 g/mol. The number of aromatic hydroxyl groups is 1. The van der Waals surface area contributed by atoms with E-state index in [0.29, 0.717) is 11.1 Å². The van der Waals surface area contributed by atoms with Crippen molar-refractivity contribution < 1.29 is 15.0 Å². The molecular weight excluding hydrogens is 240 g/mol. The van der Waals surface area contributed by atoms with Crippen LogP contribution in [-0.2, 0) is 6.61 Å². The molecule has 2 aromatic rings. The van der Waals surface area contributed by atoms with Crippen molar-refractivity contribution in [3.05, 3.63) is 71.3 Å². The Balaban J connectivity index is 2.18. The lowest BCUT2D eigenvalue weighted by atomic mass is 10.1. The van der Waals surface area contributed by atoms with Gasteiger partial charge in [0.2, 0.25) is 0 Å². The minimum absolute atomic E-state index is 0.00825. The van der Waals surface area contributed by atoms with Crippen molar-refractivity contribution in [2.45, 2.75) is 6.61 Å². The van der Waals surface area contributed by atoms with Gasteiger partial charge in [0.25, 0.3) is 0 Å². The van der Waals surface area contributed by atoms with Crippen LogP contribution >= 0.6 is 0 Å². The lowest BCUT2D eigenvalue weighted by Crippen LogP contribution is -1.96. The predicted molar refractivity (Wildman–Crippen MR) is 73.8 cm³/mol. The first-order valence-corrected chi connectivity index (χ1v) is 5.91. The van der Waals surface area contributed by atoms with E-state index in [2.05, 4.69) is 0 Å². The Hall–Kier alpha value is -2.39. The Morgan fingerprint density at radius 3 is 2.53 bits per heavy atom. The van der Waals surface area contributed by atoms with Gasteiger partial charge in [0.15, 0.2) is 5.78 Å². The van der Waals surface area contributed by atoms with E-state index >= 15 is 0 Å². The number of hydrogen-bond acceptors (Lipinski definition) is 3. The first-order chi connectivity index (χ1) is 9.20. The molecule has 2 rings (SSSR count). The molecule has 3 nitrogen and oxygen atoms in total. The molecule has 0 unspecified atom stereocenters. The summed E-state index contributed by atoms with van der Waals surface area (Å²) in [5.74, 6) is -0.176. The molecule has 2 N–H and O–H groups in total. The standard InChI is InChI=1S/C16H14O3/c17-11-14-10-13(7-9-16(14)19)15(18)8-6-12-4-2-1-3-5-12/h1-10,17,19H,11H2/b8-6+. The average Bonchev–Trinajstić information content (AvgIpc) is 2.46. The quantitative estimate of drug-likeness (QED) is 0.651. The molecule has 0 atom stereocenters. The Labute approximate surface area is 111 Å². The summed E-state index contributed by atoms with van der Waals surface area (Å²) in [7, 11) is 0. The number of benzene rings is 2. The maximum atomic E-state index is 11.9. The smallest absolute Gasteiger partial charge is 0.185 e. The second-order valence-electron chi connectivity index (χ2n) is 4.11. The maximum Gasteiger partial charge on any atom is 0.185 e. The van der Waals surface area contributed by atoms with Crippen molar-refractivity contribution in [3.63, 3.8) is 0 Å². The third-order valence-corrected chi connectivity index (χ3v) is 2.76. The molecule has 0 aliphatic heterocycles. The van der Waals surface area contributed by atoms with Crippen LogP contribution in [-0.4, -0.2) is 16.0 Å². The molecule has 0 aliphatic rings. The lowest BCUT2D eigenvalue weighted by Gasteiger charge is -2.02. The molecule has 96 valence electrons. The van der Waals surface area contributed by atoms with Gasteiger partial charge in [0, 0.05) is 11.1 Å². The van der Waals surface area contributed by atoms with Crippen molar-refractivity contribution in [2.24, 2.45) is 0 Å². The highest BCUT2D eigenvalue weighted by Crippen LogP contribution is 2.19. The van der Waals surface area contributed by atoms with Gasteiger partial charge in [-0.25, -0.2) is 0 Å². The minimum Gasteiger partial charge on any atom is -0.508 e. The molecule has 19 heavy (non-hydrogen) atoms. The third-order valence-electron chi connectivity index (χ3n) is 2.76. The molecule has 0 heterocycles. The second-order valence-corrected chi connectivity index (χ2v) is 4.11. The van der Waals surface area contributed by atoms with Gasteiger partial charge in [-0.1, -0.05) is 36.4 Å². The zero-order valence-electron chi connectivity index (χ0n) is 10.3. The summed E-state index contributed by atoms with van der Waals surface area (Å²) in [5, 5.41) is 18.5. The number of carbonyl (C=O) groups is 1. The topological polar surface area (TPSA) is 57.5 Å². The van der Waals surface area contributed by atoms with E-state index in [1.54, 1.807) is 6.08 Å². The minimum atomic E-state index is -0.296. The third kappa shape index (κ3) is 3.30. The molecule has 0 aromatic heterocycles. The average molecular weight is 254 g/mol. The van der Waals surface area contributed by atoms with Gasteiger partial charge >= 0.3 is 0 Å². The summed E-state index contributed by atoms with van der Waals surface area (Å²) in [6.07, 6.45) is 3.21.